The monoisotopic (exact) mass is 448 g/mol. The molecule has 0 aromatic heterocycles. The van der Waals surface area contributed by atoms with Gasteiger partial charge in [0.2, 0.25) is 5.91 Å². The summed E-state index contributed by atoms with van der Waals surface area (Å²) in [5, 5.41) is 0. The van der Waals surface area contributed by atoms with Crippen molar-refractivity contribution in [3.63, 3.8) is 0 Å². The van der Waals surface area contributed by atoms with Gasteiger partial charge in [-0.25, -0.2) is 4.90 Å². The van der Waals surface area contributed by atoms with Crippen LogP contribution in [-0.2, 0) is 15.8 Å². The Morgan fingerprint density at radius 2 is 1.72 bits per heavy atom. The summed E-state index contributed by atoms with van der Waals surface area (Å²) in [6, 6.07) is 11.7. The largest absolute Gasteiger partial charge is 0.494 e. The summed E-state index contributed by atoms with van der Waals surface area (Å²) >= 11 is 0. The minimum Gasteiger partial charge on any atom is -0.494 e. The zero-order valence-corrected chi connectivity index (χ0v) is 17.7. The first-order chi connectivity index (χ1) is 15.3. The Labute approximate surface area is 184 Å². The van der Waals surface area contributed by atoms with Crippen LogP contribution in [-0.4, -0.2) is 50.6 Å². The first-order valence-corrected chi connectivity index (χ1v) is 10.6. The van der Waals surface area contributed by atoms with E-state index in [4.69, 9.17) is 4.74 Å². The molecule has 2 aliphatic heterocycles. The van der Waals surface area contributed by atoms with Crippen LogP contribution in [0.2, 0.25) is 0 Å². The number of carbonyl (C=O) groups is 2. The molecule has 2 aromatic carbocycles. The van der Waals surface area contributed by atoms with E-state index < -0.39 is 17.8 Å². The Bertz CT molecular complexity index is 986. The number of piperazine rings is 1. The number of hydrogen-bond donors (Lipinski definition) is 1. The molecular weight excluding hydrogens is 423 g/mol. The van der Waals surface area contributed by atoms with Crippen molar-refractivity contribution in [3.8, 4) is 5.75 Å². The van der Waals surface area contributed by atoms with E-state index in [1.54, 1.807) is 30.3 Å². The van der Waals surface area contributed by atoms with Crippen LogP contribution >= 0.6 is 0 Å². The third-order valence-electron chi connectivity index (χ3n) is 5.99. The van der Waals surface area contributed by atoms with Crippen molar-refractivity contribution in [2.75, 3.05) is 42.6 Å². The lowest BCUT2D eigenvalue weighted by Gasteiger charge is -2.35. The molecular formula is C23H25F3N3O3+. The predicted octanol–water partition coefficient (Wildman–Crippen LogP) is 2.14. The van der Waals surface area contributed by atoms with Crippen molar-refractivity contribution in [1.82, 2.24) is 0 Å². The molecule has 2 aliphatic rings. The van der Waals surface area contributed by atoms with E-state index >= 15 is 0 Å². The van der Waals surface area contributed by atoms with Crippen molar-refractivity contribution in [2.45, 2.75) is 25.6 Å². The number of rotatable bonds is 5. The molecule has 1 atom stereocenters. The number of ether oxygens (including phenoxy) is 1. The van der Waals surface area contributed by atoms with Crippen molar-refractivity contribution in [1.29, 1.82) is 0 Å². The average molecular weight is 448 g/mol. The van der Waals surface area contributed by atoms with Gasteiger partial charge in [-0.1, -0.05) is 6.07 Å². The number of quaternary nitrogens is 1. The van der Waals surface area contributed by atoms with Gasteiger partial charge in [0, 0.05) is 5.69 Å². The second kappa shape index (κ2) is 8.82. The van der Waals surface area contributed by atoms with Gasteiger partial charge in [-0.2, -0.15) is 13.2 Å². The third kappa shape index (κ3) is 4.43. The normalized spacial score (nSPS) is 20.2. The number of carbonyl (C=O) groups excluding carboxylic acids is 2. The minimum absolute atomic E-state index is 0.130. The van der Waals surface area contributed by atoms with Crippen molar-refractivity contribution in [3.05, 3.63) is 54.1 Å². The molecule has 0 aliphatic carbocycles. The summed E-state index contributed by atoms with van der Waals surface area (Å²) in [4.78, 5) is 29.8. The van der Waals surface area contributed by atoms with Gasteiger partial charge in [-0.15, -0.1) is 0 Å². The van der Waals surface area contributed by atoms with Crippen molar-refractivity contribution < 1.29 is 32.4 Å². The molecule has 9 heteroatoms. The summed E-state index contributed by atoms with van der Waals surface area (Å²) < 4.78 is 44.5. The van der Waals surface area contributed by atoms with Crippen molar-refractivity contribution in [2.24, 2.45) is 0 Å². The van der Waals surface area contributed by atoms with E-state index in [9.17, 15) is 22.8 Å². The quantitative estimate of drug-likeness (QED) is 0.713. The first kappa shape index (κ1) is 22.1. The second-order valence-electron chi connectivity index (χ2n) is 7.94. The first-order valence-electron chi connectivity index (χ1n) is 10.6. The lowest BCUT2D eigenvalue weighted by atomic mass is 10.1. The van der Waals surface area contributed by atoms with Gasteiger partial charge in [-0.05, 0) is 49.4 Å². The third-order valence-corrected chi connectivity index (χ3v) is 5.99. The smallest absolute Gasteiger partial charge is 0.416 e. The van der Waals surface area contributed by atoms with E-state index in [1.165, 1.54) is 11.0 Å². The Hall–Kier alpha value is -3.07. The number of nitrogens with zero attached hydrogens (tertiary/aromatic N) is 2. The summed E-state index contributed by atoms with van der Waals surface area (Å²) in [7, 11) is 0. The highest BCUT2D eigenvalue weighted by Gasteiger charge is 2.46. The molecule has 0 radical (unpaired) electrons. The summed E-state index contributed by atoms with van der Waals surface area (Å²) in [5.41, 5.74) is 0.365. The number of alkyl halides is 3. The SMILES string of the molecule is CCOc1ccc(N2C(=O)CC([NH+]3CCN(c4cccc(C(F)(F)F)c4)CC3)C2=O)cc1. The molecule has 1 unspecified atom stereocenters. The van der Waals surface area contributed by atoms with Gasteiger partial charge in [0.1, 0.15) is 5.75 Å². The molecule has 0 bridgehead atoms. The van der Waals surface area contributed by atoms with Crippen LogP contribution in [0.4, 0.5) is 24.5 Å². The lowest BCUT2D eigenvalue weighted by Crippen LogP contribution is -3.19. The van der Waals surface area contributed by atoms with Crippen LogP contribution in [0, 0.1) is 0 Å². The number of anilines is 2. The van der Waals surface area contributed by atoms with Gasteiger partial charge in [0.05, 0.1) is 50.5 Å². The van der Waals surface area contributed by atoms with Crippen LogP contribution in [0.5, 0.6) is 5.75 Å². The molecule has 2 heterocycles. The molecule has 2 amide bonds. The number of halogens is 3. The molecule has 2 fully saturated rings. The van der Waals surface area contributed by atoms with Gasteiger partial charge in [0.15, 0.2) is 6.04 Å². The fourth-order valence-corrected chi connectivity index (χ4v) is 4.36. The molecule has 170 valence electrons. The summed E-state index contributed by atoms with van der Waals surface area (Å²) in [6.45, 7) is 4.56. The molecule has 32 heavy (non-hydrogen) atoms. The Balaban J connectivity index is 1.41. The summed E-state index contributed by atoms with van der Waals surface area (Å²) in [5.74, 6) is 0.196. The highest BCUT2D eigenvalue weighted by molar-refractivity contribution is 6.21. The second-order valence-corrected chi connectivity index (χ2v) is 7.94. The van der Waals surface area contributed by atoms with Crippen LogP contribution in [0.3, 0.4) is 0 Å². The average Bonchev–Trinajstić information content (AvgIpc) is 3.08. The van der Waals surface area contributed by atoms with E-state index in [-0.39, 0.29) is 18.2 Å². The molecule has 0 saturated carbocycles. The fraction of sp³-hybridized carbons (Fsp3) is 0.391. The Kier molecular flexibility index (Phi) is 6.10. The van der Waals surface area contributed by atoms with Crippen LogP contribution in [0.1, 0.15) is 18.9 Å². The fourth-order valence-electron chi connectivity index (χ4n) is 4.36. The van der Waals surface area contributed by atoms with Crippen LogP contribution in [0.25, 0.3) is 0 Å². The Morgan fingerprint density at radius 3 is 2.34 bits per heavy atom. The number of nitrogens with one attached hydrogen (secondary N) is 1. The van der Waals surface area contributed by atoms with Crippen LogP contribution < -0.4 is 19.4 Å². The summed E-state index contributed by atoms with van der Waals surface area (Å²) in [6.07, 6.45) is -4.25. The molecule has 0 spiro atoms. The molecule has 6 nitrogen and oxygen atoms in total. The number of benzene rings is 2. The van der Waals surface area contributed by atoms with E-state index in [1.807, 2.05) is 11.8 Å². The predicted molar refractivity (Wildman–Crippen MR) is 113 cm³/mol. The zero-order valence-electron chi connectivity index (χ0n) is 17.7. The maximum absolute atomic E-state index is 13.0. The topological polar surface area (TPSA) is 54.3 Å². The molecule has 2 aromatic rings. The van der Waals surface area contributed by atoms with E-state index in [0.717, 1.165) is 17.0 Å². The molecule has 4 rings (SSSR count). The standard InChI is InChI=1S/C23H24F3N3O3/c1-2-32-19-8-6-17(7-9-19)29-21(30)15-20(22(29)31)28-12-10-27(11-13-28)18-5-3-4-16(14-18)23(24,25)26/h3-9,14,20H,2,10-13,15H2,1H3/p+1. The van der Waals surface area contributed by atoms with Crippen LogP contribution in [0.15, 0.2) is 48.5 Å². The number of imide groups is 1. The number of amides is 2. The van der Waals surface area contributed by atoms with Gasteiger partial charge >= 0.3 is 6.18 Å². The highest BCUT2D eigenvalue weighted by atomic mass is 19.4. The molecule has 1 N–H and O–H groups in total. The van der Waals surface area contributed by atoms with E-state index in [0.29, 0.717) is 49.9 Å². The number of hydrogen-bond acceptors (Lipinski definition) is 4. The minimum atomic E-state index is -4.38. The maximum atomic E-state index is 13.0. The Morgan fingerprint density at radius 1 is 1.03 bits per heavy atom. The lowest BCUT2D eigenvalue weighted by molar-refractivity contribution is -0.915. The zero-order chi connectivity index (χ0) is 22.9. The van der Waals surface area contributed by atoms with Gasteiger partial charge < -0.3 is 14.5 Å². The van der Waals surface area contributed by atoms with Gasteiger partial charge in [0.25, 0.3) is 5.91 Å². The van der Waals surface area contributed by atoms with E-state index in [2.05, 4.69) is 0 Å². The molecule has 2 saturated heterocycles. The maximum Gasteiger partial charge on any atom is 0.416 e. The van der Waals surface area contributed by atoms with Crippen molar-refractivity contribution >= 4 is 23.2 Å². The van der Waals surface area contributed by atoms with Gasteiger partial charge in [-0.3, -0.25) is 9.59 Å². The highest BCUT2D eigenvalue weighted by Crippen LogP contribution is 2.31.